The van der Waals surface area contributed by atoms with Gasteiger partial charge in [0.1, 0.15) is 12.1 Å². The van der Waals surface area contributed by atoms with Crippen LogP contribution >= 0.6 is 0 Å². The Bertz CT molecular complexity index is 1460. The molecule has 0 radical (unpaired) electrons. The smallest absolute Gasteiger partial charge is 0.329 e. The Hall–Kier alpha value is -3.33. The minimum atomic E-state index is -3.03. The predicted molar refractivity (Wildman–Crippen MR) is 125 cm³/mol. The van der Waals surface area contributed by atoms with E-state index >= 15 is 8.78 Å². The van der Waals surface area contributed by atoms with Gasteiger partial charge in [0.05, 0.1) is 29.3 Å². The van der Waals surface area contributed by atoms with E-state index in [1.165, 1.54) is 9.13 Å². The third-order valence-electron chi connectivity index (χ3n) is 6.86. The van der Waals surface area contributed by atoms with Crippen LogP contribution in [0.25, 0.3) is 33.1 Å². The molecule has 176 valence electrons. The van der Waals surface area contributed by atoms with Crippen molar-refractivity contribution in [1.29, 1.82) is 0 Å². The molecule has 0 unspecified atom stereocenters. The van der Waals surface area contributed by atoms with Gasteiger partial charge in [0, 0.05) is 36.8 Å². The number of aromatic nitrogens is 4. The molecule has 9 heteroatoms. The van der Waals surface area contributed by atoms with Gasteiger partial charge in [-0.1, -0.05) is 6.07 Å². The van der Waals surface area contributed by atoms with Gasteiger partial charge in [0.2, 0.25) is 5.88 Å². The van der Waals surface area contributed by atoms with Crippen molar-refractivity contribution in [2.75, 3.05) is 20.1 Å². The zero-order valence-electron chi connectivity index (χ0n) is 19.0. The number of halogens is 2. The van der Waals surface area contributed by atoms with E-state index < -0.39 is 17.7 Å². The molecule has 4 aromatic rings. The molecule has 2 aliphatic rings. The van der Waals surface area contributed by atoms with Crippen molar-refractivity contribution in [1.82, 2.24) is 24.0 Å². The number of rotatable bonds is 4. The van der Waals surface area contributed by atoms with E-state index in [0.29, 0.717) is 34.4 Å². The van der Waals surface area contributed by atoms with Gasteiger partial charge >= 0.3 is 5.69 Å². The van der Waals surface area contributed by atoms with Gasteiger partial charge in [-0.2, -0.15) is 0 Å². The molecule has 1 aromatic carbocycles. The lowest BCUT2D eigenvalue weighted by Gasteiger charge is -2.37. The number of alkyl halides is 2. The minimum absolute atomic E-state index is 0.193. The van der Waals surface area contributed by atoms with Crippen LogP contribution in [0, 0.1) is 0 Å². The highest BCUT2D eigenvalue weighted by Crippen LogP contribution is 2.39. The molecule has 1 aliphatic heterocycles. The van der Waals surface area contributed by atoms with Crippen LogP contribution in [0.4, 0.5) is 8.78 Å². The van der Waals surface area contributed by atoms with E-state index in [-0.39, 0.29) is 19.1 Å². The zero-order chi connectivity index (χ0) is 23.6. The van der Waals surface area contributed by atoms with Crippen LogP contribution in [0.1, 0.15) is 25.3 Å². The fraction of sp³-hybridized carbons (Fsp3) is 0.400. The maximum Gasteiger partial charge on any atom is 0.329 e. The highest BCUT2D eigenvalue weighted by Gasteiger charge is 2.46. The first kappa shape index (κ1) is 21.2. The molecule has 1 saturated heterocycles. The van der Waals surface area contributed by atoms with Crippen LogP contribution in [0.2, 0.25) is 0 Å². The quantitative estimate of drug-likeness (QED) is 0.456. The molecule has 6 rings (SSSR count). The summed E-state index contributed by atoms with van der Waals surface area (Å²) in [4.78, 5) is 23.7. The molecule has 4 heterocycles. The summed E-state index contributed by atoms with van der Waals surface area (Å²) in [6, 6.07) is 8.25. The molecule has 0 amide bonds. The van der Waals surface area contributed by atoms with Gasteiger partial charge < -0.3 is 9.64 Å². The summed E-state index contributed by atoms with van der Waals surface area (Å²) >= 11 is 0. The molecule has 1 atom stereocenters. The van der Waals surface area contributed by atoms with Crippen molar-refractivity contribution >= 4 is 21.9 Å². The van der Waals surface area contributed by atoms with Crippen molar-refractivity contribution in [2.24, 2.45) is 7.05 Å². The number of hydrogen-bond acceptors (Lipinski definition) is 5. The Balaban J connectivity index is 1.51. The first-order valence-electron chi connectivity index (χ1n) is 11.5. The van der Waals surface area contributed by atoms with Crippen molar-refractivity contribution in [3.05, 3.63) is 53.2 Å². The normalized spacial score (nSPS) is 20.8. The Morgan fingerprint density at radius 1 is 1.03 bits per heavy atom. The number of piperidine rings is 1. The molecule has 1 aliphatic carbocycles. The average molecular weight is 466 g/mol. The topological polar surface area (TPSA) is 65.2 Å². The van der Waals surface area contributed by atoms with Crippen molar-refractivity contribution in [2.45, 2.75) is 37.3 Å². The molecule has 7 nitrogen and oxygen atoms in total. The van der Waals surface area contributed by atoms with Gasteiger partial charge in [-0.15, -0.1) is 0 Å². The number of pyridine rings is 2. The second-order valence-corrected chi connectivity index (χ2v) is 9.44. The molecule has 0 bridgehead atoms. The number of likely N-dealkylation sites (tertiary alicyclic amines) is 1. The van der Waals surface area contributed by atoms with E-state index in [1.54, 1.807) is 31.4 Å². The van der Waals surface area contributed by atoms with Crippen LogP contribution in [0.15, 0.2) is 47.5 Å². The number of ether oxygens (including phenoxy) is 1. The number of fused-ring (bicyclic) bond motifs is 3. The van der Waals surface area contributed by atoms with Crippen molar-refractivity contribution in [3.63, 3.8) is 0 Å². The third-order valence-corrected chi connectivity index (χ3v) is 6.86. The monoisotopic (exact) mass is 465 g/mol. The Morgan fingerprint density at radius 2 is 1.82 bits per heavy atom. The van der Waals surface area contributed by atoms with Gasteiger partial charge in [-0.25, -0.2) is 18.6 Å². The zero-order valence-corrected chi connectivity index (χ0v) is 19.0. The number of nitrogens with zero attached hydrogens (tertiary/aromatic N) is 5. The lowest BCUT2D eigenvalue weighted by Crippen LogP contribution is -2.49. The van der Waals surface area contributed by atoms with E-state index in [1.807, 2.05) is 30.3 Å². The fourth-order valence-electron chi connectivity index (χ4n) is 4.89. The molecule has 34 heavy (non-hydrogen) atoms. The van der Waals surface area contributed by atoms with E-state index in [0.717, 1.165) is 24.0 Å². The second kappa shape index (κ2) is 7.59. The van der Waals surface area contributed by atoms with Crippen LogP contribution in [0.3, 0.4) is 0 Å². The molecular weight excluding hydrogens is 440 g/mol. The van der Waals surface area contributed by atoms with E-state index in [9.17, 15) is 4.79 Å². The van der Waals surface area contributed by atoms with Gasteiger partial charge in [-0.05, 0) is 50.1 Å². The second-order valence-electron chi connectivity index (χ2n) is 9.44. The highest BCUT2D eigenvalue weighted by atomic mass is 19.3. The maximum atomic E-state index is 15.2. The SMILES string of the molecule is CN1CC[C@H](n2c(=O)n(C)c3cnc4ccc(-c5ccc(OC6CC6)nc5)cc4c32)C(F)(F)C1. The van der Waals surface area contributed by atoms with Crippen molar-refractivity contribution in [3.8, 4) is 17.0 Å². The third kappa shape index (κ3) is 3.46. The first-order valence-corrected chi connectivity index (χ1v) is 11.5. The van der Waals surface area contributed by atoms with Crippen LogP contribution in [0.5, 0.6) is 5.88 Å². The van der Waals surface area contributed by atoms with Crippen LogP contribution in [-0.4, -0.2) is 56.2 Å². The lowest BCUT2D eigenvalue weighted by atomic mass is 10.00. The van der Waals surface area contributed by atoms with Crippen LogP contribution in [-0.2, 0) is 7.05 Å². The summed E-state index contributed by atoms with van der Waals surface area (Å²) in [6.45, 7) is 0.119. The van der Waals surface area contributed by atoms with Gasteiger partial charge in [-0.3, -0.25) is 14.1 Å². The number of aryl methyl sites for hydroxylation is 1. The molecule has 1 saturated carbocycles. The van der Waals surface area contributed by atoms with Crippen LogP contribution < -0.4 is 10.4 Å². The van der Waals surface area contributed by atoms with E-state index in [4.69, 9.17) is 4.74 Å². The highest BCUT2D eigenvalue weighted by molar-refractivity contribution is 6.04. The molecule has 0 spiro atoms. The summed E-state index contributed by atoms with van der Waals surface area (Å²) in [7, 11) is 3.28. The van der Waals surface area contributed by atoms with Crippen molar-refractivity contribution < 1.29 is 13.5 Å². The largest absolute Gasteiger partial charge is 0.474 e. The number of imidazole rings is 1. The number of benzene rings is 1. The minimum Gasteiger partial charge on any atom is -0.474 e. The Labute approximate surface area is 194 Å². The molecule has 3 aromatic heterocycles. The summed E-state index contributed by atoms with van der Waals surface area (Å²) in [5.41, 5.74) is 2.97. The molecular formula is C25H25F2N5O2. The number of hydrogen-bond donors (Lipinski definition) is 0. The standard InChI is InChI=1S/C25H25F2N5O2/c1-30-10-9-21(25(26,27)14-30)32-23-18-11-15(16-4-8-22(29-12-16)34-17-5-6-17)3-7-19(18)28-13-20(23)31(2)24(32)33/h3-4,7-8,11-13,17,21H,5-6,9-10,14H2,1-2H3/t21-/m0/s1. The van der Waals surface area contributed by atoms with E-state index in [2.05, 4.69) is 9.97 Å². The predicted octanol–water partition coefficient (Wildman–Crippen LogP) is 4.00. The molecule has 0 N–H and O–H groups in total. The lowest BCUT2D eigenvalue weighted by molar-refractivity contribution is -0.0977. The van der Waals surface area contributed by atoms with Gasteiger partial charge in [0.15, 0.2) is 0 Å². The summed E-state index contributed by atoms with van der Waals surface area (Å²) in [5.74, 6) is -2.43. The summed E-state index contributed by atoms with van der Waals surface area (Å²) < 4.78 is 38.7. The Morgan fingerprint density at radius 3 is 2.53 bits per heavy atom. The molecule has 2 fully saturated rings. The summed E-state index contributed by atoms with van der Waals surface area (Å²) in [5, 5.41) is 0.667. The maximum absolute atomic E-state index is 15.2. The fourth-order valence-corrected chi connectivity index (χ4v) is 4.89. The Kier molecular flexibility index (Phi) is 4.74. The van der Waals surface area contributed by atoms with Gasteiger partial charge in [0.25, 0.3) is 5.92 Å². The first-order chi connectivity index (χ1) is 16.3. The summed E-state index contributed by atoms with van der Waals surface area (Å²) in [6.07, 6.45) is 5.92. The average Bonchev–Trinajstić information content (AvgIpc) is 3.59.